The van der Waals surface area contributed by atoms with E-state index >= 15 is 0 Å². The Morgan fingerprint density at radius 3 is 2.00 bits per heavy atom. The van der Waals surface area contributed by atoms with Gasteiger partial charge in [0.2, 0.25) is 0 Å². The number of hydrogen-bond donors (Lipinski definition) is 0. The predicted octanol–water partition coefficient (Wildman–Crippen LogP) is 4.86. The molecule has 0 unspecified atom stereocenters. The summed E-state index contributed by atoms with van der Waals surface area (Å²) in [6, 6.07) is 19.6. The first-order valence-electron chi connectivity index (χ1n) is 6.80. The molecule has 0 radical (unpaired) electrons. The van der Waals surface area contributed by atoms with E-state index in [1.165, 1.54) is 0 Å². The molecule has 1 nitrogen and oxygen atoms in total. The molecule has 0 aliphatic carbocycles. The Morgan fingerprint density at radius 2 is 1.36 bits per heavy atom. The van der Waals surface area contributed by atoms with Gasteiger partial charge in [0.05, 0.1) is 5.56 Å². The lowest BCUT2D eigenvalue weighted by molar-refractivity contribution is 0.103. The van der Waals surface area contributed by atoms with Crippen molar-refractivity contribution in [2.24, 2.45) is 0 Å². The molecular formula is C19H12F2O. The van der Waals surface area contributed by atoms with E-state index in [0.717, 1.165) is 23.3 Å². The molecule has 0 heterocycles. The van der Waals surface area contributed by atoms with Gasteiger partial charge in [-0.15, -0.1) is 0 Å². The van der Waals surface area contributed by atoms with Gasteiger partial charge < -0.3 is 0 Å². The third kappa shape index (κ3) is 2.79. The summed E-state index contributed by atoms with van der Waals surface area (Å²) < 4.78 is 26.6. The van der Waals surface area contributed by atoms with Crippen LogP contribution < -0.4 is 0 Å². The largest absolute Gasteiger partial charge is 0.288 e. The number of carbonyl (C=O) groups excluding carboxylic acids is 1. The smallest absolute Gasteiger partial charge is 0.195 e. The first kappa shape index (κ1) is 14.1. The monoisotopic (exact) mass is 294 g/mol. The molecule has 0 bridgehead atoms. The fourth-order valence-electron chi connectivity index (χ4n) is 2.27. The number of benzene rings is 3. The van der Waals surface area contributed by atoms with E-state index in [1.807, 2.05) is 42.5 Å². The molecule has 0 spiro atoms. The summed E-state index contributed by atoms with van der Waals surface area (Å²) in [5.41, 5.74) is 2.24. The predicted molar refractivity (Wildman–Crippen MR) is 81.7 cm³/mol. The molecule has 3 aromatic rings. The van der Waals surface area contributed by atoms with Gasteiger partial charge in [-0.25, -0.2) is 8.78 Å². The van der Waals surface area contributed by atoms with Crippen molar-refractivity contribution in [3.8, 4) is 11.1 Å². The summed E-state index contributed by atoms with van der Waals surface area (Å²) >= 11 is 0. The van der Waals surface area contributed by atoms with Crippen LogP contribution in [0.3, 0.4) is 0 Å². The fourth-order valence-corrected chi connectivity index (χ4v) is 2.27. The highest BCUT2D eigenvalue weighted by Crippen LogP contribution is 2.21. The van der Waals surface area contributed by atoms with Gasteiger partial charge in [0.25, 0.3) is 0 Å². The van der Waals surface area contributed by atoms with E-state index in [9.17, 15) is 13.6 Å². The summed E-state index contributed by atoms with van der Waals surface area (Å²) in [5, 5.41) is 0. The van der Waals surface area contributed by atoms with E-state index in [2.05, 4.69) is 0 Å². The minimum absolute atomic E-state index is 0.131. The van der Waals surface area contributed by atoms with Crippen molar-refractivity contribution in [3.63, 3.8) is 0 Å². The van der Waals surface area contributed by atoms with Crippen LogP contribution in [0.1, 0.15) is 15.9 Å². The van der Waals surface area contributed by atoms with E-state index in [0.29, 0.717) is 11.6 Å². The van der Waals surface area contributed by atoms with Crippen LogP contribution in [-0.4, -0.2) is 5.78 Å². The lowest BCUT2D eigenvalue weighted by Gasteiger charge is -2.05. The topological polar surface area (TPSA) is 17.1 Å². The molecule has 0 aliphatic rings. The molecule has 0 amide bonds. The summed E-state index contributed by atoms with van der Waals surface area (Å²) in [6.45, 7) is 0. The molecule has 22 heavy (non-hydrogen) atoms. The fraction of sp³-hybridized carbons (Fsp3) is 0. The van der Waals surface area contributed by atoms with Crippen LogP contribution >= 0.6 is 0 Å². The van der Waals surface area contributed by atoms with Crippen molar-refractivity contribution in [1.82, 2.24) is 0 Å². The second-order valence-corrected chi connectivity index (χ2v) is 4.90. The lowest BCUT2D eigenvalue weighted by Crippen LogP contribution is -2.04. The molecule has 0 aliphatic heterocycles. The van der Waals surface area contributed by atoms with Gasteiger partial charge in [0.15, 0.2) is 5.78 Å². The SMILES string of the molecule is O=C(c1ccc(-c2ccccc2)cc1)c1ccc(F)cc1F. The molecule has 3 aromatic carbocycles. The lowest BCUT2D eigenvalue weighted by atomic mass is 9.99. The molecule has 0 fully saturated rings. The van der Waals surface area contributed by atoms with Crippen molar-refractivity contribution >= 4 is 5.78 Å². The maximum atomic E-state index is 13.7. The Labute approximate surface area is 126 Å². The molecule has 0 aromatic heterocycles. The second-order valence-electron chi connectivity index (χ2n) is 4.90. The number of halogens is 2. The van der Waals surface area contributed by atoms with Gasteiger partial charge >= 0.3 is 0 Å². The van der Waals surface area contributed by atoms with Gasteiger partial charge in [-0.05, 0) is 23.3 Å². The quantitative estimate of drug-likeness (QED) is 0.630. The normalized spacial score (nSPS) is 10.5. The van der Waals surface area contributed by atoms with E-state index < -0.39 is 17.4 Å². The first-order chi connectivity index (χ1) is 10.6. The zero-order chi connectivity index (χ0) is 15.5. The molecule has 108 valence electrons. The van der Waals surface area contributed by atoms with Crippen LogP contribution in [0.2, 0.25) is 0 Å². The molecule has 0 N–H and O–H groups in total. The van der Waals surface area contributed by atoms with Gasteiger partial charge in [-0.3, -0.25) is 4.79 Å². The Bertz CT molecular complexity index is 809. The van der Waals surface area contributed by atoms with Gasteiger partial charge in [0.1, 0.15) is 11.6 Å². The van der Waals surface area contributed by atoms with Crippen LogP contribution in [0, 0.1) is 11.6 Å². The van der Waals surface area contributed by atoms with Crippen molar-refractivity contribution in [2.45, 2.75) is 0 Å². The Kier molecular flexibility index (Phi) is 3.79. The molecule has 0 atom stereocenters. The van der Waals surface area contributed by atoms with Gasteiger partial charge in [-0.2, -0.15) is 0 Å². The molecule has 0 saturated heterocycles. The molecule has 0 saturated carbocycles. The number of hydrogen-bond acceptors (Lipinski definition) is 1. The van der Waals surface area contributed by atoms with E-state index in [-0.39, 0.29) is 5.56 Å². The molecule has 3 heteroatoms. The average molecular weight is 294 g/mol. The standard InChI is InChI=1S/C19H12F2O/c20-16-10-11-17(18(21)12-16)19(22)15-8-6-14(7-9-15)13-4-2-1-3-5-13/h1-12H. The third-order valence-corrected chi connectivity index (χ3v) is 3.43. The Balaban J connectivity index is 1.91. The van der Waals surface area contributed by atoms with Crippen LogP contribution in [0.25, 0.3) is 11.1 Å². The summed E-state index contributed by atoms with van der Waals surface area (Å²) in [7, 11) is 0. The van der Waals surface area contributed by atoms with E-state index in [1.54, 1.807) is 12.1 Å². The summed E-state index contributed by atoms with van der Waals surface area (Å²) in [6.07, 6.45) is 0. The average Bonchev–Trinajstić information content (AvgIpc) is 2.55. The number of rotatable bonds is 3. The second kappa shape index (κ2) is 5.90. The van der Waals surface area contributed by atoms with Gasteiger partial charge in [0, 0.05) is 11.6 Å². The highest BCUT2D eigenvalue weighted by molar-refractivity contribution is 6.09. The Morgan fingerprint density at radius 1 is 0.727 bits per heavy atom. The number of ketones is 1. The van der Waals surface area contributed by atoms with Crippen LogP contribution in [0.15, 0.2) is 72.8 Å². The van der Waals surface area contributed by atoms with E-state index in [4.69, 9.17) is 0 Å². The minimum atomic E-state index is -0.850. The molecule has 3 rings (SSSR count). The van der Waals surface area contributed by atoms with Crippen molar-refractivity contribution in [2.75, 3.05) is 0 Å². The Hall–Kier alpha value is -2.81. The first-order valence-corrected chi connectivity index (χ1v) is 6.80. The van der Waals surface area contributed by atoms with Crippen LogP contribution in [0.5, 0.6) is 0 Å². The third-order valence-electron chi connectivity index (χ3n) is 3.43. The van der Waals surface area contributed by atoms with Crippen molar-refractivity contribution in [1.29, 1.82) is 0 Å². The van der Waals surface area contributed by atoms with Crippen LogP contribution in [0.4, 0.5) is 8.78 Å². The maximum Gasteiger partial charge on any atom is 0.195 e. The summed E-state index contributed by atoms with van der Waals surface area (Å²) in [4.78, 5) is 12.3. The highest BCUT2D eigenvalue weighted by atomic mass is 19.1. The zero-order valence-electron chi connectivity index (χ0n) is 11.6. The molecular weight excluding hydrogens is 282 g/mol. The van der Waals surface area contributed by atoms with Crippen molar-refractivity contribution in [3.05, 3.63) is 95.6 Å². The minimum Gasteiger partial charge on any atom is -0.288 e. The summed E-state index contributed by atoms with van der Waals surface area (Å²) in [5.74, 6) is -2.01. The number of carbonyl (C=O) groups is 1. The maximum absolute atomic E-state index is 13.7. The van der Waals surface area contributed by atoms with Gasteiger partial charge in [-0.1, -0.05) is 54.6 Å². The zero-order valence-corrected chi connectivity index (χ0v) is 11.6. The van der Waals surface area contributed by atoms with Crippen LogP contribution in [-0.2, 0) is 0 Å². The van der Waals surface area contributed by atoms with Crippen molar-refractivity contribution < 1.29 is 13.6 Å². The highest BCUT2D eigenvalue weighted by Gasteiger charge is 2.14.